The van der Waals surface area contributed by atoms with Crippen LogP contribution >= 0.6 is 0 Å². The van der Waals surface area contributed by atoms with Crippen molar-refractivity contribution in [2.24, 2.45) is 0 Å². The van der Waals surface area contributed by atoms with Crippen molar-refractivity contribution < 1.29 is 16.4 Å². The third-order valence-corrected chi connectivity index (χ3v) is 0. The van der Waals surface area contributed by atoms with E-state index in [0.717, 1.165) is 0 Å². The zero-order chi connectivity index (χ0) is 3.58. The van der Waals surface area contributed by atoms with Crippen LogP contribution in [0, 0.1) is 0 Å². The van der Waals surface area contributed by atoms with E-state index in [4.69, 9.17) is 15.0 Å². The van der Waals surface area contributed by atoms with Crippen molar-refractivity contribution in [3.05, 3.63) is 0 Å². The van der Waals surface area contributed by atoms with Gasteiger partial charge in [0.1, 0.15) is 0 Å². The minimum absolute atomic E-state index is 0. The van der Waals surface area contributed by atoms with Crippen LogP contribution in [0.15, 0.2) is 0 Å². The Hall–Kier alpha value is 0.230. The second kappa shape index (κ2) is 8.97. The average Bonchev–Trinajstić information content (AvgIpc) is 0.811. The summed E-state index contributed by atoms with van der Waals surface area (Å²) in [6.45, 7) is 0. The Labute approximate surface area is 58.5 Å². The van der Waals surface area contributed by atoms with Gasteiger partial charge in [0.2, 0.25) is 0 Å². The van der Waals surface area contributed by atoms with Gasteiger partial charge < -0.3 is 16.4 Å². The van der Waals surface area contributed by atoms with Gasteiger partial charge in [0.25, 0.3) is 0 Å². The van der Waals surface area contributed by atoms with E-state index in [1.54, 1.807) is 0 Å². The first-order valence-corrected chi connectivity index (χ1v) is 0.651. The standard InChI is InChI=1S/CH2O3.H3N.Na.2H/c2-1(3)4;;;;/h(H2,2,3,4);1H3;;;. The van der Waals surface area contributed by atoms with E-state index in [1.165, 1.54) is 0 Å². The van der Waals surface area contributed by atoms with Gasteiger partial charge in [-0.25, -0.2) is 4.79 Å². The fourth-order valence-electron chi connectivity index (χ4n) is 0. The summed E-state index contributed by atoms with van der Waals surface area (Å²) in [5, 5.41) is 13.9. The molecule has 0 saturated carbocycles. The topological polar surface area (TPSA) is 92.5 Å². The molecule has 0 atom stereocenters. The SMILES string of the molecule is N.O=C(O)O.[H].[NaH]. The molecule has 0 aliphatic rings. The van der Waals surface area contributed by atoms with Crippen molar-refractivity contribution in [2.45, 2.75) is 0 Å². The fraction of sp³-hybridized carbons (Fsp3) is 0. The van der Waals surface area contributed by atoms with Gasteiger partial charge in [0.15, 0.2) is 0 Å². The van der Waals surface area contributed by atoms with Crippen molar-refractivity contribution >= 4 is 35.7 Å². The molecule has 0 unspecified atom stereocenters. The van der Waals surface area contributed by atoms with E-state index in [9.17, 15) is 0 Å². The monoisotopic (exact) mass is 104 g/mol. The zero-order valence-electron chi connectivity index (χ0n) is 3.51. The first-order chi connectivity index (χ1) is 1.73. The Balaban J connectivity index is -0.0000000150. The maximum atomic E-state index is 8.56. The third kappa shape index (κ3) is 834. The molecule has 5 N–H and O–H groups in total. The van der Waals surface area contributed by atoms with E-state index in [2.05, 4.69) is 0 Å². The van der Waals surface area contributed by atoms with Crippen LogP contribution in [0.2, 0.25) is 0 Å². The van der Waals surface area contributed by atoms with Crippen molar-refractivity contribution in [1.29, 1.82) is 0 Å². The summed E-state index contributed by atoms with van der Waals surface area (Å²) in [6, 6.07) is 0. The third-order valence-electron chi connectivity index (χ3n) is 0. The van der Waals surface area contributed by atoms with Gasteiger partial charge in [0.05, 0.1) is 0 Å². The van der Waals surface area contributed by atoms with Crippen molar-refractivity contribution in [1.82, 2.24) is 6.15 Å². The summed E-state index contributed by atoms with van der Waals surface area (Å²) < 4.78 is 0. The van der Waals surface area contributed by atoms with E-state index in [1.807, 2.05) is 0 Å². The summed E-state index contributed by atoms with van der Waals surface area (Å²) in [7, 11) is 0. The Bertz CT molecular complexity index is 37.9. The molecular weight excluding hydrogens is 97.0 g/mol. The van der Waals surface area contributed by atoms with E-state index < -0.39 is 6.16 Å². The van der Waals surface area contributed by atoms with Gasteiger partial charge in [-0.3, -0.25) is 0 Å². The van der Waals surface area contributed by atoms with Gasteiger partial charge in [-0.15, -0.1) is 0 Å². The van der Waals surface area contributed by atoms with Gasteiger partial charge in [0, 0.05) is 1.43 Å². The molecule has 0 heterocycles. The first-order valence-electron chi connectivity index (χ1n) is 0.651. The van der Waals surface area contributed by atoms with Crippen LogP contribution in [0.5, 0.6) is 0 Å². The summed E-state index contributed by atoms with van der Waals surface area (Å²) in [5.41, 5.74) is 0. The molecular formula is CH7NNaO3. The molecule has 0 aromatic carbocycles. The average molecular weight is 104 g/mol. The minimum atomic E-state index is -1.83. The summed E-state index contributed by atoms with van der Waals surface area (Å²) in [6.07, 6.45) is -1.83. The molecule has 0 aliphatic heterocycles. The molecule has 4 nitrogen and oxygen atoms in total. The van der Waals surface area contributed by atoms with E-state index >= 15 is 0 Å². The van der Waals surface area contributed by atoms with Gasteiger partial charge in [-0.2, -0.15) is 0 Å². The Kier molecular flexibility index (Phi) is 24.4. The molecule has 0 spiro atoms. The second-order valence-electron chi connectivity index (χ2n) is 0.283. The first kappa shape index (κ1) is 16.3. The quantitative estimate of drug-likeness (QED) is 0.372. The normalized spacial score (nSPS) is 4.00. The number of carboxylic acid groups (broad SMARTS) is 2. The molecule has 0 aliphatic carbocycles. The molecule has 6 heavy (non-hydrogen) atoms. The van der Waals surface area contributed by atoms with Crippen LogP contribution in [0.4, 0.5) is 4.79 Å². The summed E-state index contributed by atoms with van der Waals surface area (Å²) >= 11 is 0. The fourth-order valence-corrected chi connectivity index (χ4v) is 0. The van der Waals surface area contributed by atoms with Crippen LogP contribution in [0.3, 0.4) is 0 Å². The Morgan fingerprint density at radius 2 is 1.50 bits per heavy atom. The molecule has 0 amide bonds. The van der Waals surface area contributed by atoms with Crippen molar-refractivity contribution in [2.75, 3.05) is 0 Å². The zero-order valence-corrected chi connectivity index (χ0v) is 2.51. The molecule has 1 radical (unpaired) electrons. The van der Waals surface area contributed by atoms with Gasteiger partial charge in [-0.1, -0.05) is 0 Å². The molecule has 0 saturated heterocycles. The molecule has 0 rings (SSSR count). The molecule has 0 bridgehead atoms. The molecule has 0 fully saturated rings. The molecule has 0 aromatic rings. The number of carbonyl (C=O) groups is 1. The Morgan fingerprint density at radius 1 is 1.50 bits per heavy atom. The van der Waals surface area contributed by atoms with Crippen LogP contribution in [0.1, 0.15) is 1.43 Å². The van der Waals surface area contributed by atoms with Crippen LogP contribution < -0.4 is 6.15 Å². The molecule has 5 heteroatoms. The number of rotatable bonds is 0. The summed E-state index contributed by atoms with van der Waals surface area (Å²) in [5.74, 6) is 0. The van der Waals surface area contributed by atoms with Crippen molar-refractivity contribution in [3.8, 4) is 0 Å². The second-order valence-corrected chi connectivity index (χ2v) is 0.283. The molecule has 0 aromatic heterocycles. The van der Waals surface area contributed by atoms with Gasteiger partial charge >= 0.3 is 35.7 Å². The maximum absolute atomic E-state index is 8.56. The Morgan fingerprint density at radius 3 is 1.50 bits per heavy atom. The van der Waals surface area contributed by atoms with E-state index in [0.29, 0.717) is 0 Å². The van der Waals surface area contributed by atoms with Crippen LogP contribution in [0.25, 0.3) is 0 Å². The predicted molar refractivity (Wildman–Crippen MR) is 23.9 cm³/mol. The van der Waals surface area contributed by atoms with Crippen molar-refractivity contribution in [3.63, 3.8) is 0 Å². The number of hydrogen-bond donors (Lipinski definition) is 3. The van der Waals surface area contributed by atoms with Gasteiger partial charge in [-0.05, 0) is 0 Å². The van der Waals surface area contributed by atoms with Crippen LogP contribution in [-0.2, 0) is 0 Å². The summed E-state index contributed by atoms with van der Waals surface area (Å²) in [4.78, 5) is 8.56. The molecule has 35 valence electrons. The van der Waals surface area contributed by atoms with E-state index in [-0.39, 0.29) is 37.1 Å². The number of hydrogen-bond acceptors (Lipinski definition) is 2. The predicted octanol–water partition coefficient (Wildman–Crippen LogP) is -0.152. The van der Waals surface area contributed by atoms with Crippen LogP contribution in [-0.4, -0.2) is 45.9 Å².